The first-order valence-corrected chi connectivity index (χ1v) is 12.8. The van der Waals surface area contributed by atoms with Crippen molar-refractivity contribution < 1.29 is 23.9 Å². The minimum Gasteiger partial charge on any atom is -0.490 e. The number of carbonyl (C=O) groups excluding carboxylic acids is 3. The number of hydrogen-bond acceptors (Lipinski definition) is 6. The van der Waals surface area contributed by atoms with E-state index in [2.05, 4.69) is 35.0 Å². The number of amides is 3. The van der Waals surface area contributed by atoms with E-state index in [1.807, 2.05) is 31.2 Å². The third-order valence-corrected chi connectivity index (χ3v) is 5.69. The predicted octanol–water partition coefficient (Wildman–Crippen LogP) is 4.65. The smallest absolute Gasteiger partial charge is 0.329 e. The second kappa shape index (κ2) is 14.5. The van der Waals surface area contributed by atoms with Gasteiger partial charge in [-0.1, -0.05) is 49.7 Å². The van der Waals surface area contributed by atoms with Gasteiger partial charge in [-0.25, -0.2) is 5.43 Å². The van der Waals surface area contributed by atoms with E-state index in [1.54, 1.807) is 42.5 Å². The number of halogens is 1. The van der Waals surface area contributed by atoms with Crippen molar-refractivity contribution in [1.29, 1.82) is 0 Å². The Labute approximate surface area is 232 Å². The third kappa shape index (κ3) is 9.46. The van der Waals surface area contributed by atoms with Gasteiger partial charge < -0.3 is 20.1 Å². The van der Waals surface area contributed by atoms with Crippen LogP contribution in [0.15, 0.2) is 71.8 Å². The van der Waals surface area contributed by atoms with Crippen molar-refractivity contribution in [1.82, 2.24) is 10.7 Å². The third-order valence-electron chi connectivity index (χ3n) is 5.44. The maximum absolute atomic E-state index is 12.2. The lowest BCUT2D eigenvalue weighted by Gasteiger charge is -2.12. The molecule has 204 valence electrons. The molecule has 0 heterocycles. The molecule has 0 bridgehead atoms. The molecule has 10 heteroatoms. The molecule has 0 aliphatic rings. The Hall–Kier alpha value is -4.37. The van der Waals surface area contributed by atoms with Crippen LogP contribution in [0.1, 0.15) is 43.4 Å². The Morgan fingerprint density at radius 3 is 2.31 bits per heavy atom. The lowest BCUT2D eigenvalue weighted by Crippen LogP contribution is -2.37. The fourth-order valence-corrected chi connectivity index (χ4v) is 3.49. The standard InChI is InChI=1S/C29H31ClN4O5/c1-4-38-26-15-21(7-14-25(26)39-18-27(35)33-24-12-10-23(30)11-13-24)17-32-34-29(37)28(36)31-16-20-5-8-22(9-6-20)19(2)3/h5-15,17,19H,4,16,18H2,1-3H3,(H,31,36)(H,33,35)(H,34,37)/b32-17-. The second-order valence-electron chi connectivity index (χ2n) is 8.76. The van der Waals surface area contributed by atoms with E-state index in [9.17, 15) is 14.4 Å². The second-order valence-corrected chi connectivity index (χ2v) is 9.20. The number of carbonyl (C=O) groups is 3. The summed E-state index contributed by atoms with van der Waals surface area (Å²) in [7, 11) is 0. The van der Waals surface area contributed by atoms with Crippen molar-refractivity contribution in [2.75, 3.05) is 18.5 Å². The van der Waals surface area contributed by atoms with Crippen LogP contribution < -0.4 is 25.5 Å². The molecule has 3 N–H and O–H groups in total. The van der Waals surface area contributed by atoms with E-state index in [0.29, 0.717) is 40.3 Å². The van der Waals surface area contributed by atoms with Gasteiger partial charge >= 0.3 is 11.8 Å². The molecule has 0 spiro atoms. The van der Waals surface area contributed by atoms with Crippen molar-refractivity contribution in [3.63, 3.8) is 0 Å². The van der Waals surface area contributed by atoms with Crippen LogP contribution in [-0.4, -0.2) is 37.1 Å². The Kier molecular flexibility index (Phi) is 10.9. The molecular formula is C29H31ClN4O5. The molecule has 9 nitrogen and oxygen atoms in total. The van der Waals surface area contributed by atoms with Crippen LogP contribution in [-0.2, 0) is 20.9 Å². The number of anilines is 1. The molecular weight excluding hydrogens is 520 g/mol. The molecule has 0 aliphatic carbocycles. The quantitative estimate of drug-likeness (QED) is 0.182. The molecule has 3 aromatic carbocycles. The first-order chi connectivity index (χ1) is 18.7. The summed E-state index contributed by atoms with van der Waals surface area (Å²) in [5.74, 6) is -0.854. The van der Waals surface area contributed by atoms with Crippen LogP contribution in [0.4, 0.5) is 5.69 Å². The topological polar surface area (TPSA) is 118 Å². The van der Waals surface area contributed by atoms with E-state index >= 15 is 0 Å². The summed E-state index contributed by atoms with van der Waals surface area (Å²) in [4.78, 5) is 36.4. The molecule has 3 rings (SSSR count). The van der Waals surface area contributed by atoms with Crippen LogP contribution in [0.5, 0.6) is 11.5 Å². The minimum atomic E-state index is -0.887. The monoisotopic (exact) mass is 550 g/mol. The number of hydrogen-bond donors (Lipinski definition) is 3. The highest BCUT2D eigenvalue weighted by molar-refractivity contribution is 6.35. The van der Waals surface area contributed by atoms with Gasteiger partial charge in [0.1, 0.15) is 0 Å². The highest BCUT2D eigenvalue weighted by Gasteiger charge is 2.13. The molecule has 39 heavy (non-hydrogen) atoms. The molecule has 3 amide bonds. The largest absolute Gasteiger partial charge is 0.490 e. The summed E-state index contributed by atoms with van der Waals surface area (Å²) < 4.78 is 11.2. The summed E-state index contributed by atoms with van der Waals surface area (Å²) in [6, 6.07) is 19.5. The first kappa shape index (κ1) is 29.2. The highest BCUT2D eigenvalue weighted by atomic mass is 35.5. The van der Waals surface area contributed by atoms with Gasteiger partial charge in [0.05, 0.1) is 12.8 Å². The first-order valence-electron chi connectivity index (χ1n) is 12.4. The molecule has 3 aromatic rings. The van der Waals surface area contributed by atoms with Gasteiger partial charge in [0, 0.05) is 17.3 Å². The van der Waals surface area contributed by atoms with Crippen molar-refractivity contribution in [3.05, 3.63) is 88.4 Å². The van der Waals surface area contributed by atoms with Crippen molar-refractivity contribution >= 4 is 41.2 Å². The average Bonchev–Trinajstić information content (AvgIpc) is 2.93. The summed E-state index contributed by atoms with van der Waals surface area (Å²) in [6.45, 7) is 6.38. The van der Waals surface area contributed by atoms with E-state index in [0.717, 1.165) is 5.56 Å². The normalized spacial score (nSPS) is 10.8. The van der Waals surface area contributed by atoms with Gasteiger partial charge in [-0.2, -0.15) is 5.10 Å². The Bertz CT molecular complexity index is 1310. The maximum atomic E-state index is 12.2. The van der Waals surface area contributed by atoms with Gasteiger partial charge in [0.15, 0.2) is 18.1 Å². The number of rotatable bonds is 11. The number of benzene rings is 3. The van der Waals surface area contributed by atoms with Crippen molar-refractivity contribution in [3.8, 4) is 11.5 Å². The fourth-order valence-electron chi connectivity index (χ4n) is 3.37. The fraction of sp³-hybridized carbons (Fsp3) is 0.241. The lowest BCUT2D eigenvalue weighted by atomic mass is 10.0. The SMILES string of the molecule is CCOc1cc(/C=N\NC(=O)C(=O)NCc2ccc(C(C)C)cc2)ccc1OCC(=O)Nc1ccc(Cl)cc1. The van der Waals surface area contributed by atoms with Gasteiger partial charge in [-0.3, -0.25) is 14.4 Å². The molecule has 0 saturated heterocycles. The number of nitrogens with one attached hydrogen (secondary N) is 3. The van der Waals surface area contributed by atoms with Gasteiger partial charge in [-0.15, -0.1) is 0 Å². The van der Waals surface area contributed by atoms with Crippen molar-refractivity contribution in [2.45, 2.75) is 33.2 Å². The Morgan fingerprint density at radius 1 is 0.923 bits per heavy atom. The summed E-state index contributed by atoms with van der Waals surface area (Å²) >= 11 is 5.86. The Morgan fingerprint density at radius 2 is 1.64 bits per heavy atom. The van der Waals surface area contributed by atoms with Crippen LogP contribution in [0.3, 0.4) is 0 Å². The zero-order valence-electron chi connectivity index (χ0n) is 22.0. The van der Waals surface area contributed by atoms with Gasteiger partial charge in [-0.05, 0) is 72.0 Å². The lowest BCUT2D eigenvalue weighted by molar-refractivity contribution is -0.139. The number of ether oxygens (including phenoxy) is 2. The molecule has 0 radical (unpaired) electrons. The predicted molar refractivity (Wildman–Crippen MR) is 151 cm³/mol. The zero-order chi connectivity index (χ0) is 28.2. The van der Waals surface area contributed by atoms with Gasteiger partial charge in [0.2, 0.25) is 0 Å². The number of hydrazone groups is 1. The molecule has 0 aromatic heterocycles. The maximum Gasteiger partial charge on any atom is 0.329 e. The molecule has 0 saturated carbocycles. The summed E-state index contributed by atoms with van der Waals surface area (Å²) in [5, 5.41) is 9.71. The Balaban J connectivity index is 1.50. The van der Waals surface area contributed by atoms with Crippen molar-refractivity contribution in [2.24, 2.45) is 5.10 Å². The van der Waals surface area contributed by atoms with Crippen LogP contribution in [0, 0.1) is 0 Å². The van der Waals surface area contributed by atoms with Crippen LogP contribution in [0.2, 0.25) is 5.02 Å². The molecule has 0 fully saturated rings. The van der Waals surface area contributed by atoms with E-state index < -0.39 is 11.8 Å². The van der Waals surface area contributed by atoms with E-state index in [4.69, 9.17) is 21.1 Å². The minimum absolute atomic E-state index is 0.227. The summed E-state index contributed by atoms with van der Waals surface area (Å²) in [6.07, 6.45) is 1.37. The van der Waals surface area contributed by atoms with E-state index in [1.165, 1.54) is 11.8 Å². The summed E-state index contributed by atoms with van der Waals surface area (Å²) in [5.41, 5.74) is 5.48. The molecule has 0 unspecified atom stereocenters. The van der Waals surface area contributed by atoms with Crippen LogP contribution >= 0.6 is 11.6 Å². The highest BCUT2D eigenvalue weighted by Crippen LogP contribution is 2.28. The van der Waals surface area contributed by atoms with Crippen LogP contribution in [0.25, 0.3) is 0 Å². The number of nitrogens with zero attached hydrogens (tertiary/aromatic N) is 1. The average molecular weight is 551 g/mol. The molecule has 0 aliphatic heterocycles. The molecule has 0 atom stereocenters. The zero-order valence-corrected chi connectivity index (χ0v) is 22.7. The van der Waals surface area contributed by atoms with Gasteiger partial charge in [0.25, 0.3) is 5.91 Å². The van der Waals surface area contributed by atoms with E-state index in [-0.39, 0.29) is 19.1 Å².